The zero-order valence-electron chi connectivity index (χ0n) is 17.7. The molecular formula is C23H28N4O5. The summed E-state index contributed by atoms with van der Waals surface area (Å²) in [5.74, 6) is -0.485. The maximum Gasteiger partial charge on any atom is 0.264 e. The van der Waals surface area contributed by atoms with Crippen LogP contribution in [0.4, 0.5) is 0 Å². The number of amides is 2. The highest BCUT2D eigenvalue weighted by molar-refractivity contribution is 5.95. The average Bonchev–Trinajstić information content (AvgIpc) is 3.23. The van der Waals surface area contributed by atoms with E-state index in [0.717, 1.165) is 17.0 Å². The molecule has 170 valence electrons. The van der Waals surface area contributed by atoms with Gasteiger partial charge in [0.15, 0.2) is 6.17 Å². The third kappa shape index (κ3) is 4.40. The molecule has 0 aromatic heterocycles. The number of allylic oxidation sites excluding steroid dienone is 3. The number of carbonyl (C=O) groups excluding carboxylic acids is 2. The number of nitrogens with one attached hydrogen (secondary N) is 3. The molecule has 1 aromatic carbocycles. The van der Waals surface area contributed by atoms with Gasteiger partial charge in [-0.05, 0) is 42.7 Å². The Balaban J connectivity index is 1.53. The van der Waals surface area contributed by atoms with Crippen LogP contribution in [0, 0.1) is 0 Å². The monoisotopic (exact) mass is 440 g/mol. The van der Waals surface area contributed by atoms with Gasteiger partial charge in [0.25, 0.3) is 11.8 Å². The zero-order valence-corrected chi connectivity index (χ0v) is 17.7. The predicted molar refractivity (Wildman–Crippen MR) is 118 cm³/mol. The summed E-state index contributed by atoms with van der Waals surface area (Å²) < 4.78 is 5.38. The molecule has 0 spiro atoms. The molecule has 1 fully saturated rings. The first kappa shape index (κ1) is 22.1. The SMILES string of the molecule is O=C(NCCO)c1ccc(C2=C3C=CC=CN3C(C(=O)NC3(CO)CCOCC3)N2)cc1. The number of benzene rings is 1. The van der Waals surface area contributed by atoms with Gasteiger partial charge in [-0.1, -0.05) is 18.2 Å². The molecule has 2 amide bonds. The smallest absolute Gasteiger partial charge is 0.264 e. The summed E-state index contributed by atoms with van der Waals surface area (Å²) in [5, 5.41) is 27.8. The summed E-state index contributed by atoms with van der Waals surface area (Å²) in [6.45, 7) is 0.934. The van der Waals surface area contributed by atoms with Crippen LogP contribution in [0.15, 0.2) is 54.4 Å². The lowest BCUT2D eigenvalue weighted by atomic mass is 9.91. The Morgan fingerprint density at radius 1 is 1.16 bits per heavy atom. The van der Waals surface area contributed by atoms with Crippen LogP contribution in [-0.4, -0.2) is 71.6 Å². The van der Waals surface area contributed by atoms with E-state index in [4.69, 9.17) is 9.84 Å². The van der Waals surface area contributed by atoms with Crippen LogP contribution in [-0.2, 0) is 9.53 Å². The summed E-state index contributed by atoms with van der Waals surface area (Å²) in [4.78, 5) is 27.2. The summed E-state index contributed by atoms with van der Waals surface area (Å²) in [6, 6.07) is 7.06. The van der Waals surface area contributed by atoms with Gasteiger partial charge in [0.2, 0.25) is 0 Å². The first-order valence-electron chi connectivity index (χ1n) is 10.7. The number of ether oxygens (including phenoxy) is 1. The van der Waals surface area contributed by atoms with Gasteiger partial charge in [-0.2, -0.15) is 0 Å². The molecule has 1 atom stereocenters. The molecule has 4 rings (SSSR count). The van der Waals surface area contributed by atoms with E-state index < -0.39 is 11.7 Å². The van der Waals surface area contributed by atoms with Crippen molar-refractivity contribution in [2.24, 2.45) is 0 Å². The number of aliphatic hydroxyl groups is 2. The number of fused-ring (bicyclic) bond motifs is 1. The standard InChI is InChI=1S/C23H28N4O5/c28-12-10-24-21(30)17-6-4-16(5-7-17)19-18-3-1-2-11-27(18)20(25-19)22(31)26-23(15-29)8-13-32-14-9-23/h1-7,11,20,25,28-29H,8-10,12-15H2,(H,24,30)(H,26,31). The Bertz CT molecular complexity index is 948. The quantitative estimate of drug-likeness (QED) is 0.406. The van der Waals surface area contributed by atoms with Gasteiger partial charge in [0.1, 0.15) is 0 Å². The van der Waals surface area contributed by atoms with E-state index in [1.807, 2.05) is 41.5 Å². The lowest BCUT2D eigenvalue weighted by molar-refractivity contribution is -0.129. The van der Waals surface area contributed by atoms with Crippen molar-refractivity contribution in [2.45, 2.75) is 24.5 Å². The van der Waals surface area contributed by atoms with Gasteiger partial charge < -0.3 is 35.8 Å². The largest absolute Gasteiger partial charge is 0.395 e. The van der Waals surface area contributed by atoms with E-state index in [1.165, 1.54) is 0 Å². The second-order valence-electron chi connectivity index (χ2n) is 8.01. The normalized spacial score (nSPS) is 21.2. The molecule has 1 unspecified atom stereocenters. The third-order valence-corrected chi connectivity index (χ3v) is 5.93. The van der Waals surface area contributed by atoms with Crippen LogP contribution in [0.5, 0.6) is 0 Å². The first-order chi connectivity index (χ1) is 15.6. The number of aliphatic hydroxyl groups excluding tert-OH is 2. The molecule has 0 radical (unpaired) electrons. The lowest BCUT2D eigenvalue weighted by Crippen LogP contribution is -2.60. The lowest BCUT2D eigenvalue weighted by Gasteiger charge is -2.38. The Kier molecular flexibility index (Phi) is 6.59. The van der Waals surface area contributed by atoms with Crippen molar-refractivity contribution in [3.05, 3.63) is 65.5 Å². The van der Waals surface area contributed by atoms with Gasteiger partial charge in [0, 0.05) is 31.5 Å². The Morgan fingerprint density at radius 2 is 1.91 bits per heavy atom. The predicted octanol–water partition coefficient (Wildman–Crippen LogP) is 0.0498. The van der Waals surface area contributed by atoms with Crippen molar-refractivity contribution in [3.63, 3.8) is 0 Å². The summed E-state index contributed by atoms with van der Waals surface area (Å²) in [7, 11) is 0. The third-order valence-electron chi connectivity index (χ3n) is 5.93. The topological polar surface area (TPSA) is 123 Å². The van der Waals surface area contributed by atoms with Crippen molar-refractivity contribution >= 4 is 17.5 Å². The molecule has 3 aliphatic heterocycles. The van der Waals surface area contributed by atoms with Gasteiger partial charge in [-0.25, -0.2) is 0 Å². The number of nitrogens with zero attached hydrogens (tertiary/aromatic N) is 1. The fourth-order valence-corrected chi connectivity index (χ4v) is 4.07. The summed E-state index contributed by atoms with van der Waals surface area (Å²) in [5.41, 5.74) is 2.26. The van der Waals surface area contributed by atoms with Crippen molar-refractivity contribution in [2.75, 3.05) is 33.0 Å². The van der Waals surface area contributed by atoms with Crippen molar-refractivity contribution in [1.29, 1.82) is 0 Å². The molecule has 0 bridgehead atoms. The summed E-state index contributed by atoms with van der Waals surface area (Å²) in [6.07, 6.45) is 7.98. The van der Waals surface area contributed by atoms with Crippen LogP contribution >= 0.6 is 0 Å². The second-order valence-corrected chi connectivity index (χ2v) is 8.01. The minimum atomic E-state index is -0.682. The molecule has 5 N–H and O–H groups in total. The first-order valence-corrected chi connectivity index (χ1v) is 10.7. The van der Waals surface area contributed by atoms with E-state index in [2.05, 4.69) is 16.0 Å². The molecule has 3 aliphatic rings. The van der Waals surface area contributed by atoms with E-state index in [-0.39, 0.29) is 31.6 Å². The van der Waals surface area contributed by atoms with Gasteiger partial charge in [-0.15, -0.1) is 0 Å². The van der Waals surface area contributed by atoms with E-state index in [0.29, 0.717) is 31.6 Å². The van der Waals surface area contributed by atoms with Gasteiger partial charge in [0.05, 0.1) is 30.1 Å². The van der Waals surface area contributed by atoms with Crippen molar-refractivity contribution < 1.29 is 24.5 Å². The molecule has 0 aliphatic carbocycles. The fourth-order valence-electron chi connectivity index (χ4n) is 4.07. The van der Waals surface area contributed by atoms with Crippen LogP contribution in [0.2, 0.25) is 0 Å². The number of carbonyl (C=O) groups is 2. The van der Waals surface area contributed by atoms with Crippen LogP contribution in [0.1, 0.15) is 28.8 Å². The van der Waals surface area contributed by atoms with E-state index in [1.54, 1.807) is 12.1 Å². The minimum absolute atomic E-state index is 0.117. The Hall–Kier alpha value is -3.14. The molecular weight excluding hydrogens is 412 g/mol. The molecule has 32 heavy (non-hydrogen) atoms. The Labute approximate surface area is 186 Å². The molecule has 0 saturated carbocycles. The number of hydrogen-bond donors (Lipinski definition) is 5. The maximum atomic E-state index is 13.2. The van der Waals surface area contributed by atoms with Crippen molar-refractivity contribution in [1.82, 2.24) is 20.9 Å². The Morgan fingerprint density at radius 3 is 2.59 bits per heavy atom. The van der Waals surface area contributed by atoms with Gasteiger partial charge >= 0.3 is 0 Å². The fraction of sp³-hybridized carbons (Fsp3) is 0.391. The zero-order chi connectivity index (χ0) is 22.6. The van der Waals surface area contributed by atoms with Crippen LogP contribution in [0.3, 0.4) is 0 Å². The highest BCUT2D eigenvalue weighted by Crippen LogP contribution is 2.31. The van der Waals surface area contributed by atoms with Crippen molar-refractivity contribution in [3.8, 4) is 0 Å². The van der Waals surface area contributed by atoms with Gasteiger partial charge in [-0.3, -0.25) is 9.59 Å². The van der Waals surface area contributed by atoms with Crippen LogP contribution in [0.25, 0.3) is 5.70 Å². The molecule has 9 nitrogen and oxygen atoms in total. The minimum Gasteiger partial charge on any atom is -0.395 e. The number of hydrogen-bond acceptors (Lipinski definition) is 7. The van der Waals surface area contributed by atoms with E-state index in [9.17, 15) is 14.7 Å². The highest BCUT2D eigenvalue weighted by atomic mass is 16.5. The van der Waals surface area contributed by atoms with E-state index >= 15 is 0 Å². The molecule has 1 saturated heterocycles. The molecule has 9 heteroatoms. The molecule has 3 heterocycles. The second kappa shape index (κ2) is 9.56. The van der Waals surface area contributed by atoms with Crippen LogP contribution < -0.4 is 16.0 Å². The number of rotatable bonds is 7. The highest BCUT2D eigenvalue weighted by Gasteiger charge is 2.40. The summed E-state index contributed by atoms with van der Waals surface area (Å²) >= 11 is 0. The average molecular weight is 441 g/mol. The molecule has 1 aromatic rings. The maximum absolute atomic E-state index is 13.2.